The lowest BCUT2D eigenvalue weighted by molar-refractivity contribution is 0.0786. The first kappa shape index (κ1) is 16.2. The van der Waals surface area contributed by atoms with Gasteiger partial charge in [0.1, 0.15) is 17.3 Å². The van der Waals surface area contributed by atoms with Crippen molar-refractivity contribution >= 4 is 11.7 Å². The van der Waals surface area contributed by atoms with Crippen LogP contribution in [0.25, 0.3) is 0 Å². The molecule has 1 aromatic heterocycles. The molecule has 3 rings (SSSR count). The number of aromatic nitrogens is 2. The molecule has 0 atom stereocenters. The third-order valence-electron chi connectivity index (χ3n) is 4.14. The Hall–Kier alpha value is -2.63. The van der Waals surface area contributed by atoms with Gasteiger partial charge in [-0.15, -0.1) is 0 Å². The molecular weight excluding hydrogens is 304 g/mol. The molecule has 1 saturated heterocycles. The van der Waals surface area contributed by atoms with Crippen molar-refractivity contribution in [2.45, 2.75) is 19.3 Å². The van der Waals surface area contributed by atoms with Crippen molar-refractivity contribution in [3.63, 3.8) is 0 Å². The molecule has 2 heterocycles. The fourth-order valence-electron chi connectivity index (χ4n) is 2.74. The number of nitrogens with zero attached hydrogens (tertiary/aromatic N) is 3. The number of ether oxygens (including phenoxy) is 1. The van der Waals surface area contributed by atoms with E-state index < -0.39 is 0 Å². The number of methoxy groups -OCH3 is 1. The van der Waals surface area contributed by atoms with Gasteiger partial charge in [0, 0.05) is 19.6 Å². The number of likely N-dealkylation sites (tertiary alicyclic amines) is 1. The Labute approximate surface area is 141 Å². The highest BCUT2D eigenvalue weighted by Crippen LogP contribution is 2.13. The molecule has 0 unspecified atom stereocenters. The number of carbonyl (C=O) groups is 1. The van der Waals surface area contributed by atoms with Crippen LogP contribution < -0.4 is 10.1 Å². The van der Waals surface area contributed by atoms with Crippen LogP contribution >= 0.6 is 0 Å². The van der Waals surface area contributed by atoms with Crippen LogP contribution in [-0.4, -0.2) is 47.5 Å². The van der Waals surface area contributed by atoms with Crippen LogP contribution in [0.2, 0.25) is 0 Å². The molecule has 0 saturated carbocycles. The number of hydrogen-bond acceptors (Lipinski definition) is 5. The summed E-state index contributed by atoms with van der Waals surface area (Å²) in [6, 6.07) is 8.00. The maximum absolute atomic E-state index is 12.2. The highest BCUT2D eigenvalue weighted by atomic mass is 16.5. The van der Waals surface area contributed by atoms with Crippen molar-refractivity contribution in [2.24, 2.45) is 0 Å². The summed E-state index contributed by atoms with van der Waals surface area (Å²) in [6.07, 6.45) is 6.20. The Balaban J connectivity index is 1.49. The molecule has 1 aromatic carbocycles. The van der Waals surface area contributed by atoms with Gasteiger partial charge in [0.05, 0.1) is 19.5 Å². The Morgan fingerprint density at radius 2 is 1.92 bits per heavy atom. The van der Waals surface area contributed by atoms with Gasteiger partial charge in [-0.3, -0.25) is 4.79 Å². The standard InChI is InChI=1S/C18H22N4O2/c1-24-15-6-4-14(5-7-15)8-9-19-17-13-20-16(12-21-17)18(23)22-10-2-3-11-22/h4-7,12-13H,2-3,8-11H2,1H3,(H,19,21). The minimum atomic E-state index is -0.0233. The summed E-state index contributed by atoms with van der Waals surface area (Å²) < 4.78 is 5.15. The van der Waals surface area contributed by atoms with E-state index in [1.54, 1.807) is 19.5 Å². The number of amides is 1. The average Bonchev–Trinajstić information content (AvgIpc) is 3.17. The van der Waals surface area contributed by atoms with Crippen LogP contribution in [0.5, 0.6) is 5.75 Å². The molecule has 0 bridgehead atoms. The molecule has 0 radical (unpaired) electrons. The lowest BCUT2D eigenvalue weighted by atomic mass is 10.1. The summed E-state index contributed by atoms with van der Waals surface area (Å²) in [7, 11) is 1.66. The number of nitrogens with one attached hydrogen (secondary N) is 1. The van der Waals surface area contributed by atoms with E-state index in [2.05, 4.69) is 15.3 Å². The normalized spacial score (nSPS) is 13.8. The fraction of sp³-hybridized carbons (Fsp3) is 0.389. The van der Waals surface area contributed by atoms with Gasteiger partial charge in [0.15, 0.2) is 0 Å². The molecular formula is C18H22N4O2. The van der Waals surface area contributed by atoms with Crippen molar-refractivity contribution in [3.8, 4) is 5.75 Å². The highest BCUT2D eigenvalue weighted by Gasteiger charge is 2.20. The van der Waals surface area contributed by atoms with Gasteiger partial charge in [0.25, 0.3) is 5.91 Å². The molecule has 1 fully saturated rings. The topological polar surface area (TPSA) is 67.3 Å². The van der Waals surface area contributed by atoms with Crippen LogP contribution in [-0.2, 0) is 6.42 Å². The van der Waals surface area contributed by atoms with Crippen LogP contribution in [0.3, 0.4) is 0 Å². The van der Waals surface area contributed by atoms with Gasteiger partial charge in [0.2, 0.25) is 0 Å². The summed E-state index contributed by atoms with van der Waals surface area (Å²) >= 11 is 0. The van der Waals surface area contributed by atoms with Crippen molar-refractivity contribution in [3.05, 3.63) is 47.9 Å². The number of hydrogen-bond donors (Lipinski definition) is 1. The van der Waals surface area contributed by atoms with Crippen molar-refractivity contribution < 1.29 is 9.53 Å². The van der Waals surface area contributed by atoms with Crippen molar-refractivity contribution in [1.29, 1.82) is 0 Å². The van der Waals surface area contributed by atoms with Gasteiger partial charge < -0.3 is 15.0 Å². The number of benzene rings is 1. The molecule has 24 heavy (non-hydrogen) atoms. The zero-order chi connectivity index (χ0) is 16.8. The molecule has 1 N–H and O–H groups in total. The Morgan fingerprint density at radius 3 is 2.54 bits per heavy atom. The van der Waals surface area contributed by atoms with Crippen molar-refractivity contribution in [1.82, 2.24) is 14.9 Å². The molecule has 2 aromatic rings. The first-order valence-corrected chi connectivity index (χ1v) is 8.24. The lowest BCUT2D eigenvalue weighted by Crippen LogP contribution is -2.28. The van der Waals surface area contributed by atoms with Crippen LogP contribution in [0, 0.1) is 0 Å². The largest absolute Gasteiger partial charge is 0.497 e. The van der Waals surface area contributed by atoms with Crippen molar-refractivity contribution in [2.75, 3.05) is 32.1 Å². The summed E-state index contributed by atoms with van der Waals surface area (Å²) in [5, 5.41) is 3.23. The van der Waals surface area contributed by atoms with Gasteiger partial charge in [-0.1, -0.05) is 12.1 Å². The molecule has 126 valence electrons. The third-order valence-corrected chi connectivity index (χ3v) is 4.14. The first-order valence-electron chi connectivity index (χ1n) is 8.24. The van der Waals surface area contributed by atoms with Gasteiger partial charge in [-0.2, -0.15) is 0 Å². The quantitative estimate of drug-likeness (QED) is 0.883. The second-order valence-electron chi connectivity index (χ2n) is 5.81. The molecule has 1 aliphatic heterocycles. The summed E-state index contributed by atoms with van der Waals surface area (Å²) in [5.74, 6) is 1.52. The molecule has 6 nitrogen and oxygen atoms in total. The van der Waals surface area contributed by atoms with E-state index in [9.17, 15) is 4.79 Å². The number of carbonyl (C=O) groups excluding carboxylic acids is 1. The van der Waals surface area contributed by atoms with E-state index >= 15 is 0 Å². The van der Waals surface area contributed by atoms with Crippen LogP contribution in [0.15, 0.2) is 36.7 Å². The highest BCUT2D eigenvalue weighted by molar-refractivity contribution is 5.92. The van der Waals surface area contributed by atoms with Gasteiger partial charge in [-0.05, 0) is 37.0 Å². The predicted octanol–water partition coefficient (Wildman–Crippen LogP) is 2.38. The van der Waals surface area contributed by atoms with Gasteiger partial charge >= 0.3 is 0 Å². The van der Waals surface area contributed by atoms with Gasteiger partial charge in [-0.25, -0.2) is 9.97 Å². The predicted molar refractivity (Wildman–Crippen MR) is 92.4 cm³/mol. The molecule has 1 aliphatic rings. The first-order chi connectivity index (χ1) is 11.8. The lowest BCUT2D eigenvalue weighted by Gasteiger charge is -2.14. The van der Waals surface area contributed by atoms with E-state index in [1.807, 2.05) is 29.2 Å². The Morgan fingerprint density at radius 1 is 1.17 bits per heavy atom. The Bertz CT molecular complexity index is 664. The smallest absolute Gasteiger partial charge is 0.274 e. The Kier molecular flexibility index (Phi) is 5.25. The maximum atomic E-state index is 12.2. The second kappa shape index (κ2) is 7.77. The molecule has 0 aliphatic carbocycles. The van der Waals surface area contributed by atoms with Crippen LogP contribution in [0.4, 0.5) is 5.82 Å². The average molecular weight is 326 g/mol. The summed E-state index contributed by atoms with van der Waals surface area (Å²) in [5.41, 5.74) is 1.63. The van der Waals surface area contributed by atoms with E-state index in [4.69, 9.17) is 4.74 Å². The molecule has 0 spiro atoms. The maximum Gasteiger partial charge on any atom is 0.274 e. The SMILES string of the molecule is COc1ccc(CCNc2cnc(C(=O)N3CCCC3)cn2)cc1. The van der Waals surface area contributed by atoms with Crippen LogP contribution in [0.1, 0.15) is 28.9 Å². The number of rotatable bonds is 6. The van der Waals surface area contributed by atoms with E-state index in [1.165, 1.54) is 5.56 Å². The van der Waals surface area contributed by atoms with E-state index in [0.29, 0.717) is 11.5 Å². The third kappa shape index (κ3) is 4.01. The molecule has 1 amide bonds. The summed E-state index contributed by atoms with van der Waals surface area (Å²) in [6.45, 7) is 2.39. The fourth-order valence-corrected chi connectivity index (χ4v) is 2.74. The van der Waals surface area contributed by atoms with E-state index in [-0.39, 0.29) is 5.91 Å². The zero-order valence-corrected chi connectivity index (χ0v) is 13.9. The minimum Gasteiger partial charge on any atom is -0.497 e. The summed E-state index contributed by atoms with van der Waals surface area (Å²) in [4.78, 5) is 22.6. The zero-order valence-electron chi connectivity index (χ0n) is 13.9. The second-order valence-corrected chi connectivity index (χ2v) is 5.81. The monoisotopic (exact) mass is 326 g/mol. The van der Waals surface area contributed by atoms with E-state index in [0.717, 1.165) is 44.6 Å². The number of anilines is 1. The molecule has 6 heteroatoms. The minimum absolute atomic E-state index is 0.0233.